The molecule has 0 spiro atoms. The van der Waals surface area contributed by atoms with Gasteiger partial charge in [0.05, 0.1) is 56.6 Å². The molecule has 4 aliphatic rings. The monoisotopic (exact) mass is 1040 g/mol. The Kier molecular flexibility index (Phi) is 18.5. The predicted molar refractivity (Wildman–Crippen MR) is 255 cm³/mol. The van der Waals surface area contributed by atoms with E-state index >= 15 is 0 Å². The number of aromatic nitrogens is 2. The second-order valence-corrected chi connectivity index (χ2v) is 18.8. The van der Waals surface area contributed by atoms with Gasteiger partial charge < -0.3 is 58.5 Å². The number of aromatic hydroxyl groups is 1. The number of thioether (sulfide) groups is 1. The van der Waals surface area contributed by atoms with Gasteiger partial charge in [-0.3, -0.25) is 47.8 Å². The summed E-state index contributed by atoms with van der Waals surface area (Å²) in [5.74, 6) is -3.60. The van der Waals surface area contributed by atoms with Crippen LogP contribution in [-0.2, 0) is 42.2 Å². The number of phosphoric acid groups is 1. The highest BCUT2D eigenvalue weighted by atomic mass is 32.2. The van der Waals surface area contributed by atoms with Crippen molar-refractivity contribution in [2.45, 2.75) is 50.9 Å². The van der Waals surface area contributed by atoms with E-state index in [9.17, 15) is 63.1 Å². The maximum Gasteiger partial charge on any atom is 0.336 e. The molecule has 2 saturated heterocycles. The van der Waals surface area contributed by atoms with Crippen molar-refractivity contribution in [1.82, 2.24) is 25.1 Å². The fraction of sp³-hybridized carbons (Fsp3) is 0.391. The molecule has 2 unspecified atom stereocenters. The lowest BCUT2D eigenvalue weighted by Gasteiger charge is -2.25. The Hall–Kier alpha value is -6.54. The van der Waals surface area contributed by atoms with Gasteiger partial charge in [0.1, 0.15) is 36.0 Å². The molecule has 26 heteroatoms. The number of rotatable bonds is 23. The summed E-state index contributed by atoms with van der Waals surface area (Å²) in [7, 11) is -4.91. The topological polar surface area (TPSA) is 345 Å². The van der Waals surface area contributed by atoms with Crippen molar-refractivity contribution < 1.29 is 76.4 Å². The van der Waals surface area contributed by atoms with Crippen LogP contribution in [0.1, 0.15) is 52.8 Å². The Labute approximate surface area is 413 Å². The number of phenolic OH excluding ortho intramolecular Hbond substituents is 1. The van der Waals surface area contributed by atoms with Gasteiger partial charge in [0.25, 0.3) is 19.3 Å². The molecule has 0 radical (unpaired) electrons. The minimum absolute atomic E-state index is 0. The number of aliphatic hydroxyl groups is 1. The van der Waals surface area contributed by atoms with Crippen LogP contribution in [0.4, 0.5) is 0 Å². The zero-order valence-electron chi connectivity index (χ0n) is 37.7. The number of ether oxygens (including phenoxy) is 3. The summed E-state index contributed by atoms with van der Waals surface area (Å²) < 4.78 is 45.6. The third-order valence-electron chi connectivity index (χ3n) is 11.1. The number of amides is 4. The van der Waals surface area contributed by atoms with E-state index in [1.165, 1.54) is 61.7 Å². The van der Waals surface area contributed by atoms with E-state index in [-0.39, 0.29) is 110 Å². The highest BCUT2D eigenvalue weighted by Crippen LogP contribution is 2.43. The number of likely N-dealkylation sites (tertiary alicyclic amines) is 1. The number of phenols is 1. The van der Waals surface area contributed by atoms with Gasteiger partial charge in [0.15, 0.2) is 5.43 Å². The Morgan fingerprint density at radius 1 is 0.931 bits per heavy atom. The summed E-state index contributed by atoms with van der Waals surface area (Å²) in [5.41, 5.74) is -0.245. The number of H-pyrrole nitrogens is 1. The minimum Gasteiger partial charge on any atom is -0.756 e. The van der Waals surface area contributed by atoms with Gasteiger partial charge in [-0.2, -0.15) is 0 Å². The number of hydrogen-bond donors (Lipinski definition) is 6. The van der Waals surface area contributed by atoms with Crippen molar-refractivity contribution in [3.8, 4) is 28.2 Å². The molecule has 4 heterocycles. The maximum atomic E-state index is 13.2. The molecule has 4 amide bonds. The van der Waals surface area contributed by atoms with Crippen LogP contribution >= 0.6 is 19.6 Å². The van der Waals surface area contributed by atoms with Crippen LogP contribution in [0.25, 0.3) is 33.4 Å². The maximum absolute atomic E-state index is 13.2. The number of aromatic amines is 1. The smallest absolute Gasteiger partial charge is 0.336 e. The van der Waals surface area contributed by atoms with E-state index in [1.807, 2.05) is 0 Å². The van der Waals surface area contributed by atoms with Gasteiger partial charge in [-0.15, -0.1) is 11.8 Å². The van der Waals surface area contributed by atoms with Crippen LogP contribution < -0.4 is 32.2 Å². The van der Waals surface area contributed by atoms with E-state index in [4.69, 9.17) is 27.7 Å². The number of benzene rings is 3. The molecule has 0 saturated carbocycles. The second-order valence-electron chi connectivity index (χ2n) is 16.1. The van der Waals surface area contributed by atoms with Crippen molar-refractivity contribution >= 4 is 60.2 Å². The molecule has 3 aromatic rings. The Morgan fingerprint density at radius 3 is 2.40 bits per heavy atom. The van der Waals surface area contributed by atoms with Crippen molar-refractivity contribution in [1.29, 1.82) is 0 Å². The van der Waals surface area contributed by atoms with Crippen LogP contribution in [0.2, 0.25) is 0 Å². The zero-order valence-corrected chi connectivity index (χ0v) is 39.4. The number of aromatic carboxylic acids is 1. The average molecular weight is 1040 g/mol. The number of aliphatic hydroxyl groups excluding tert-OH is 1. The molecule has 2 aromatic carbocycles. The van der Waals surface area contributed by atoms with Crippen molar-refractivity contribution in [2.75, 3.05) is 65.0 Å². The predicted octanol–water partition coefficient (Wildman–Crippen LogP) is 1.35. The molecule has 6 N–H and O–H groups in total. The summed E-state index contributed by atoms with van der Waals surface area (Å²) >= 11 is 0.956. The lowest BCUT2D eigenvalue weighted by atomic mass is 9.89. The van der Waals surface area contributed by atoms with Crippen molar-refractivity contribution in [3.63, 3.8) is 0 Å². The number of carbonyl (C=O) groups is 5. The number of carboxylic acids is 1. The summed E-state index contributed by atoms with van der Waals surface area (Å²) in [6.45, 7) is 0.442. The average Bonchev–Trinajstić information content (AvgIpc) is 3.83. The number of aryl methyl sites for hydroxylation is 1. The van der Waals surface area contributed by atoms with Gasteiger partial charge in [-0.1, -0.05) is 7.43 Å². The molecule has 0 bridgehead atoms. The zero-order chi connectivity index (χ0) is 51.0. The van der Waals surface area contributed by atoms with Gasteiger partial charge >= 0.3 is 11.7 Å². The largest absolute Gasteiger partial charge is 0.756 e. The van der Waals surface area contributed by atoms with Crippen LogP contribution in [-0.4, -0.2) is 142 Å². The molecule has 1 aromatic heterocycles. The summed E-state index contributed by atoms with van der Waals surface area (Å²) in [4.78, 5) is 115. The standard InChI is InChI=1S/C45H48N5O19PS.CH4/c1-24-21-50(45(61)48-41(24)56)39-19-32(53)35(69-39)23-67-70(62,63)66-14-15-71-36-20-38(55)49(43(36)58)22-37(54)46-8-10-64-12-13-65-11-9-47-42(57)25-2-5-28(44(59)60)31(16-25)40-29-6-3-26(51)17-33(29)68-34-18-27(52)4-7-30(34)40;/h2-7,16-18,21,32,35-36,39,51,53H,8-15,19-20,22-23H2,1H3,(H,46,54)(H,47,57)(H,59,60)(H,62,63)(H,48,56,61);1H4/p-1/t32-,35-,36?,39-;/m1./s1. The first kappa shape index (κ1) is 54.8. The Bertz CT molecular complexity index is 3030. The van der Waals surface area contributed by atoms with E-state index < -0.39 is 92.1 Å². The summed E-state index contributed by atoms with van der Waals surface area (Å²) in [5, 5.41) is 35.3. The molecule has 24 nitrogen and oxygen atoms in total. The molecule has 386 valence electrons. The molecular formula is C46H51N5O19PS-. The first-order chi connectivity index (χ1) is 33.9. The summed E-state index contributed by atoms with van der Waals surface area (Å²) in [6, 6.07) is 12.5. The van der Waals surface area contributed by atoms with Crippen molar-refractivity contribution in [3.05, 3.63) is 109 Å². The third-order valence-corrected chi connectivity index (χ3v) is 13.3. The van der Waals surface area contributed by atoms with Crippen molar-refractivity contribution in [2.24, 2.45) is 0 Å². The van der Waals surface area contributed by atoms with Crippen LogP contribution in [0.3, 0.4) is 0 Å². The molecule has 5 atom stereocenters. The van der Waals surface area contributed by atoms with Gasteiger partial charge in [0.2, 0.25) is 17.7 Å². The van der Waals surface area contributed by atoms with Crippen LogP contribution in [0, 0.1) is 6.92 Å². The number of carbonyl (C=O) groups excluding carboxylic acids is 4. The lowest BCUT2D eigenvalue weighted by Crippen LogP contribution is -2.41. The number of hydrogen-bond acceptors (Lipinski definition) is 19. The van der Waals surface area contributed by atoms with Gasteiger partial charge in [-0.25, -0.2) is 9.59 Å². The van der Waals surface area contributed by atoms with Gasteiger partial charge in [-0.05, 0) is 55.0 Å². The Morgan fingerprint density at radius 2 is 1.67 bits per heavy atom. The first-order valence-electron chi connectivity index (χ1n) is 21.9. The van der Waals surface area contributed by atoms with E-state index in [0.717, 1.165) is 21.2 Å². The lowest BCUT2D eigenvalue weighted by molar-refractivity contribution is -0.228. The normalized spacial score (nSPS) is 18.6. The highest BCUT2D eigenvalue weighted by molar-refractivity contribution is 8.00. The quantitative estimate of drug-likeness (QED) is 0.0233. The highest BCUT2D eigenvalue weighted by Gasteiger charge is 2.40. The fourth-order valence-electron chi connectivity index (χ4n) is 7.68. The SMILES string of the molecule is C.Cc1cn([C@H]2C[C@@H](O)[C@@H](COP(=O)([O-])OCCSC3CC(=O)N(CC(=O)NCCOCCOCCNC(=O)c4ccc(C(=O)O)c(-c5c6ccc(=O)cc-6oc6cc(O)ccc56)c4)C3=O)O2)c(=O)[nH]c1=O. The Balaban J connectivity index is 0.00000847. The minimum atomic E-state index is -4.91. The molecule has 72 heavy (non-hydrogen) atoms. The molecule has 1 aliphatic carbocycles. The van der Waals surface area contributed by atoms with Crippen LogP contribution in [0.5, 0.6) is 5.75 Å². The number of nitrogens with one attached hydrogen (secondary N) is 3. The first-order valence-corrected chi connectivity index (χ1v) is 24.4. The molecule has 2 fully saturated rings. The number of carboxylic acid groups (broad SMARTS) is 1. The van der Waals surface area contributed by atoms with Crippen LogP contribution in [0.15, 0.2) is 79.6 Å². The molecular weight excluding hydrogens is 990 g/mol. The number of imide groups is 1. The van der Waals surface area contributed by atoms with E-state index in [0.29, 0.717) is 16.5 Å². The number of phosphoric ester groups is 1. The molecule has 3 aliphatic heterocycles. The second kappa shape index (κ2) is 24.3. The van der Waals surface area contributed by atoms with E-state index in [1.54, 1.807) is 6.07 Å². The van der Waals surface area contributed by atoms with E-state index in [2.05, 4.69) is 15.6 Å². The fourth-order valence-corrected chi connectivity index (χ4v) is 9.51. The number of nitrogens with zero attached hydrogens (tertiary/aromatic N) is 2. The summed E-state index contributed by atoms with van der Waals surface area (Å²) in [6.07, 6.45) is -2.36. The number of fused-ring (bicyclic) bond motifs is 2. The van der Waals surface area contributed by atoms with Gasteiger partial charge in [0, 0.05) is 77.7 Å². The third kappa shape index (κ3) is 13.5. The molecule has 7 rings (SSSR count).